The van der Waals surface area contributed by atoms with E-state index in [9.17, 15) is 0 Å². The number of halogens is 1. The monoisotopic (exact) mass is 467 g/mol. The average molecular weight is 467 g/mol. The van der Waals surface area contributed by atoms with Crippen LogP contribution in [0.2, 0.25) is 0 Å². The smallest absolute Gasteiger partial charge is 0.191 e. The van der Waals surface area contributed by atoms with Crippen LogP contribution in [-0.4, -0.2) is 29.1 Å². The van der Waals surface area contributed by atoms with Crippen molar-refractivity contribution in [3.8, 4) is 0 Å². The molecule has 142 valence electrons. The number of nitrogens with zero attached hydrogens (tertiary/aromatic N) is 3. The number of fused-ring (bicyclic) bond motifs is 1. The van der Waals surface area contributed by atoms with Gasteiger partial charge in [0.25, 0.3) is 0 Å². The summed E-state index contributed by atoms with van der Waals surface area (Å²) in [5.74, 6) is 2.08. The first-order valence-electron chi connectivity index (χ1n) is 9.25. The zero-order valence-corrected chi connectivity index (χ0v) is 18.3. The van der Waals surface area contributed by atoms with Crippen molar-refractivity contribution in [2.24, 2.45) is 4.99 Å². The molecule has 1 atom stereocenters. The largest absolute Gasteiger partial charge is 0.356 e. The van der Waals surface area contributed by atoms with E-state index in [1.54, 1.807) is 0 Å². The number of aromatic nitrogens is 2. The number of rotatable bonds is 5. The molecule has 26 heavy (non-hydrogen) atoms. The van der Waals surface area contributed by atoms with Gasteiger partial charge in [-0.3, -0.25) is 4.99 Å². The van der Waals surface area contributed by atoms with Crippen molar-refractivity contribution in [1.29, 1.82) is 0 Å². The second-order valence-electron chi connectivity index (χ2n) is 6.77. The molecule has 0 bridgehead atoms. The van der Waals surface area contributed by atoms with Gasteiger partial charge in [0.1, 0.15) is 5.82 Å². The molecule has 2 N–H and O–H groups in total. The lowest BCUT2D eigenvalue weighted by Crippen LogP contribution is -2.39. The van der Waals surface area contributed by atoms with Gasteiger partial charge in [0.15, 0.2) is 5.96 Å². The number of benzene rings is 1. The van der Waals surface area contributed by atoms with Crippen molar-refractivity contribution in [2.75, 3.05) is 13.6 Å². The van der Waals surface area contributed by atoms with Crippen molar-refractivity contribution in [1.82, 2.24) is 20.2 Å². The van der Waals surface area contributed by atoms with E-state index in [2.05, 4.69) is 64.5 Å². The van der Waals surface area contributed by atoms with Crippen LogP contribution in [-0.2, 0) is 19.4 Å². The first-order chi connectivity index (χ1) is 12.2. The van der Waals surface area contributed by atoms with Gasteiger partial charge in [-0.2, -0.15) is 0 Å². The lowest BCUT2D eigenvalue weighted by Gasteiger charge is -2.19. The van der Waals surface area contributed by atoms with E-state index in [-0.39, 0.29) is 30.0 Å². The Kier molecular flexibility index (Phi) is 7.93. The summed E-state index contributed by atoms with van der Waals surface area (Å²) in [4.78, 5) is 9.10. The van der Waals surface area contributed by atoms with E-state index in [1.807, 2.05) is 7.05 Å². The molecule has 6 heteroatoms. The quantitative estimate of drug-likeness (QED) is 0.402. The highest BCUT2D eigenvalue weighted by Gasteiger charge is 2.13. The number of aryl methyl sites for hydroxylation is 3. The molecule has 1 aromatic carbocycles. The van der Waals surface area contributed by atoms with Crippen LogP contribution in [0.4, 0.5) is 0 Å². The van der Waals surface area contributed by atoms with Crippen molar-refractivity contribution >= 4 is 29.9 Å². The minimum Gasteiger partial charge on any atom is -0.356 e. The molecule has 0 radical (unpaired) electrons. The predicted molar refractivity (Wildman–Crippen MR) is 118 cm³/mol. The standard InChI is InChI=1S/C20H29N5.HI/c1-15-8-4-5-9-18(15)16(2)23-20(21-3)22-12-11-17-14-25-13-7-6-10-19(25)24-17;/h4-5,8-9,14,16H,6-7,10-13H2,1-3H3,(H2,21,22,23);1H. The van der Waals surface area contributed by atoms with Gasteiger partial charge in [-0.15, -0.1) is 24.0 Å². The van der Waals surface area contributed by atoms with Gasteiger partial charge >= 0.3 is 0 Å². The predicted octanol–water partition coefficient (Wildman–Crippen LogP) is 3.61. The van der Waals surface area contributed by atoms with Crippen LogP contribution in [0.15, 0.2) is 35.5 Å². The van der Waals surface area contributed by atoms with E-state index >= 15 is 0 Å². The molecule has 0 saturated heterocycles. The number of aliphatic imine (C=N–C) groups is 1. The van der Waals surface area contributed by atoms with Crippen molar-refractivity contribution < 1.29 is 0 Å². The minimum absolute atomic E-state index is 0. The summed E-state index contributed by atoms with van der Waals surface area (Å²) < 4.78 is 2.31. The average Bonchev–Trinajstić information content (AvgIpc) is 3.03. The van der Waals surface area contributed by atoms with E-state index in [1.165, 1.54) is 35.5 Å². The van der Waals surface area contributed by atoms with Gasteiger partial charge in [-0.25, -0.2) is 4.98 Å². The maximum Gasteiger partial charge on any atom is 0.191 e. The number of hydrogen-bond donors (Lipinski definition) is 2. The highest BCUT2D eigenvalue weighted by molar-refractivity contribution is 14.0. The van der Waals surface area contributed by atoms with E-state index < -0.39 is 0 Å². The maximum atomic E-state index is 4.76. The Morgan fingerprint density at radius 2 is 2.12 bits per heavy atom. The van der Waals surface area contributed by atoms with Gasteiger partial charge in [0.05, 0.1) is 11.7 Å². The van der Waals surface area contributed by atoms with Crippen LogP contribution in [0.25, 0.3) is 0 Å². The molecule has 2 heterocycles. The molecule has 1 unspecified atom stereocenters. The molecule has 0 fully saturated rings. The topological polar surface area (TPSA) is 54.2 Å². The number of imidazole rings is 1. The number of nitrogens with one attached hydrogen (secondary N) is 2. The lowest BCUT2D eigenvalue weighted by atomic mass is 10.0. The lowest BCUT2D eigenvalue weighted by molar-refractivity contribution is 0.522. The first-order valence-corrected chi connectivity index (χ1v) is 9.25. The summed E-state index contributed by atoms with van der Waals surface area (Å²) >= 11 is 0. The SMILES string of the molecule is CN=C(NCCc1cn2c(n1)CCCC2)NC(C)c1ccccc1C.I. The zero-order valence-electron chi connectivity index (χ0n) is 16.0. The van der Waals surface area contributed by atoms with E-state index in [4.69, 9.17) is 4.98 Å². The second kappa shape index (κ2) is 9.94. The van der Waals surface area contributed by atoms with Crippen LogP contribution in [0.5, 0.6) is 0 Å². The Morgan fingerprint density at radius 1 is 1.31 bits per heavy atom. The van der Waals surface area contributed by atoms with E-state index in [0.717, 1.165) is 31.9 Å². The molecule has 1 aliphatic rings. The third-order valence-electron chi connectivity index (χ3n) is 4.86. The van der Waals surface area contributed by atoms with Gasteiger partial charge in [-0.05, 0) is 37.8 Å². The molecule has 1 aliphatic heterocycles. The fourth-order valence-electron chi connectivity index (χ4n) is 3.45. The summed E-state index contributed by atoms with van der Waals surface area (Å²) in [6, 6.07) is 8.67. The number of hydrogen-bond acceptors (Lipinski definition) is 2. The Hall–Kier alpha value is -1.57. The molecule has 0 saturated carbocycles. The highest BCUT2D eigenvalue weighted by atomic mass is 127. The Morgan fingerprint density at radius 3 is 2.85 bits per heavy atom. The van der Waals surface area contributed by atoms with Gasteiger partial charge in [-0.1, -0.05) is 24.3 Å². The molecule has 0 spiro atoms. The summed E-state index contributed by atoms with van der Waals surface area (Å²) in [7, 11) is 1.81. The normalized spacial score (nSPS) is 15.0. The Balaban J connectivity index is 0.00000243. The van der Waals surface area contributed by atoms with Crippen LogP contribution in [0.3, 0.4) is 0 Å². The maximum absolute atomic E-state index is 4.76. The molecule has 3 rings (SSSR count). The van der Waals surface area contributed by atoms with Crippen molar-refractivity contribution in [2.45, 2.75) is 52.1 Å². The van der Waals surface area contributed by atoms with E-state index in [0.29, 0.717) is 0 Å². The molecule has 0 aliphatic carbocycles. The van der Waals surface area contributed by atoms with Crippen LogP contribution in [0.1, 0.15) is 48.5 Å². The van der Waals surface area contributed by atoms with Gasteiger partial charge in [0.2, 0.25) is 0 Å². The van der Waals surface area contributed by atoms with Gasteiger partial charge < -0.3 is 15.2 Å². The summed E-state index contributed by atoms with van der Waals surface area (Å²) in [5.41, 5.74) is 3.76. The second-order valence-corrected chi connectivity index (χ2v) is 6.77. The third-order valence-corrected chi connectivity index (χ3v) is 4.86. The summed E-state index contributed by atoms with van der Waals surface area (Å²) in [6.45, 7) is 6.26. The summed E-state index contributed by atoms with van der Waals surface area (Å²) in [5, 5.41) is 6.88. The fraction of sp³-hybridized carbons (Fsp3) is 0.500. The van der Waals surface area contributed by atoms with Crippen molar-refractivity contribution in [3.05, 3.63) is 53.1 Å². The Bertz CT molecular complexity index is 714. The van der Waals surface area contributed by atoms with Gasteiger partial charge in [0, 0.05) is 39.2 Å². The molecule has 0 amide bonds. The summed E-state index contributed by atoms with van der Waals surface area (Å²) in [6.07, 6.45) is 6.78. The van der Waals surface area contributed by atoms with Crippen LogP contribution >= 0.6 is 24.0 Å². The van der Waals surface area contributed by atoms with Crippen LogP contribution < -0.4 is 10.6 Å². The first kappa shape index (κ1) is 20.7. The molecular weight excluding hydrogens is 437 g/mol. The highest BCUT2D eigenvalue weighted by Crippen LogP contribution is 2.16. The minimum atomic E-state index is 0. The Labute approximate surface area is 173 Å². The van der Waals surface area contributed by atoms with Crippen molar-refractivity contribution in [3.63, 3.8) is 0 Å². The molecule has 1 aromatic heterocycles. The number of guanidine groups is 1. The van der Waals surface area contributed by atoms with Crippen LogP contribution in [0, 0.1) is 6.92 Å². The third kappa shape index (κ3) is 5.22. The molecule has 2 aromatic rings. The molecule has 5 nitrogen and oxygen atoms in total. The fourth-order valence-corrected chi connectivity index (χ4v) is 3.45. The molecular formula is C20H30IN5. The zero-order chi connectivity index (χ0) is 17.6.